The third-order valence-corrected chi connectivity index (χ3v) is 4.98. The minimum Gasteiger partial charge on any atom is -0.370 e. The lowest BCUT2D eigenvalue weighted by Crippen LogP contribution is -2.13. The molecule has 0 bridgehead atoms. The summed E-state index contributed by atoms with van der Waals surface area (Å²) in [6.45, 7) is 0.777. The maximum Gasteiger partial charge on any atom is 0.229 e. The molecular weight excluding hydrogens is 386 g/mol. The number of carbonyl (C=O) groups excluding carboxylic acids is 1. The Morgan fingerprint density at radius 2 is 1.93 bits per heavy atom. The molecule has 0 aliphatic heterocycles. The van der Waals surface area contributed by atoms with Crippen LogP contribution in [0.1, 0.15) is 18.4 Å². The van der Waals surface area contributed by atoms with Crippen LogP contribution in [0.3, 0.4) is 0 Å². The van der Waals surface area contributed by atoms with E-state index in [1.807, 2.05) is 30.3 Å². The van der Waals surface area contributed by atoms with Gasteiger partial charge in [-0.1, -0.05) is 41.9 Å². The van der Waals surface area contributed by atoms with E-state index in [0.29, 0.717) is 16.7 Å². The Kier molecular flexibility index (Phi) is 5.91. The van der Waals surface area contributed by atoms with Crippen molar-refractivity contribution in [2.24, 2.45) is 5.92 Å². The molecule has 0 saturated heterocycles. The van der Waals surface area contributed by atoms with Gasteiger partial charge in [-0.15, -0.1) is 0 Å². The smallest absolute Gasteiger partial charge is 0.229 e. The van der Waals surface area contributed by atoms with Crippen LogP contribution in [0.15, 0.2) is 60.8 Å². The first-order valence-corrected chi connectivity index (χ1v) is 10.0. The van der Waals surface area contributed by atoms with Gasteiger partial charge in [-0.2, -0.15) is 4.98 Å². The fourth-order valence-electron chi connectivity index (χ4n) is 2.91. The van der Waals surface area contributed by atoms with Crippen LogP contribution < -0.4 is 16.0 Å². The molecule has 3 N–H and O–H groups in total. The van der Waals surface area contributed by atoms with E-state index in [2.05, 4.69) is 38.1 Å². The molecule has 6 nitrogen and oxygen atoms in total. The van der Waals surface area contributed by atoms with Gasteiger partial charge in [-0.05, 0) is 49.1 Å². The molecule has 1 aliphatic rings. The predicted octanol–water partition coefficient (Wildman–Crippen LogP) is 4.88. The Hall–Kier alpha value is -3.12. The SMILES string of the molecule is O=C(Nc1cc(Nc2nccc(NCCc3ccccc3)n2)ccc1Cl)C1CC1. The van der Waals surface area contributed by atoms with E-state index in [-0.39, 0.29) is 11.8 Å². The van der Waals surface area contributed by atoms with Gasteiger partial charge in [0.1, 0.15) is 5.82 Å². The first-order valence-electron chi connectivity index (χ1n) is 9.66. The van der Waals surface area contributed by atoms with Crippen molar-refractivity contribution >= 4 is 40.6 Å². The van der Waals surface area contributed by atoms with Crippen molar-refractivity contribution in [2.45, 2.75) is 19.3 Å². The second-order valence-electron chi connectivity index (χ2n) is 7.01. The van der Waals surface area contributed by atoms with Gasteiger partial charge in [0.2, 0.25) is 11.9 Å². The lowest BCUT2D eigenvalue weighted by Gasteiger charge is -2.11. The number of aromatic nitrogens is 2. The molecule has 29 heavy (non-hydrogen) atoms. The summed E-state index contributed by atoms with van der Waals surface area (Å²) in [5, 5.41) is 9.87. The number of carbonyl (C=O) groups is 1. The van der Waals surface area contributed by atoms with Crippen LogP contribution in [0.2, 0.25) is 5.02 Å². The number of hydrogen-bond donors (Lipinski definition) is 3. The maximum atomic E-state index is 12.0. The van der Waals surface area contributed by atoms with Gasteiger partial charge < -0.3 is 16.0 Å². The number of benzene rings is 2. The van der Waals surface area contributed by atoms with Crippen molar-refractivity contribution in [3.63, 3.8) is 0 Å². The first-order chi connectivity index (χ1) is 14.2. The number of anilines is 4. The molecular formula is C22H22ClN5O. The van der Waals surface area contributed by atoms with Crippen LogP contribution >= 0.6 is 11.6 Å². The second-order valence-corrected chi connectivity index (χ2v) is 7.42. The highest BCUT2D eigenvalue weighted by Gasteiger charge is 2.29. The lowest BCUT2D eigenvalue weighted by atomic mass is 10.1. The average Bonchev–Trinajstić information content (AvgIpc) is 3.57. The quantitative estimate of drug-likeness (QED) is 0.496. The molecule has 1 aromatic heterocycles. The lowest BCUT2D eigenvalue weighted by molar-refractivity contribution is -0.117. The fourth-order valence-corrected chi connectivity index (χ4v) is 3.07. The summed E-state index contributed by atoms with van der Waals surface area (Å²) >= 11 is 6.22. The molecule has 3 aromatic rings. The molecule has 1 aliphatic carbocycles. The van der Waals surface area contributed by atoms with Gasteiger partial charge in [0.25, 0.3) is 0 Å². The second kappa shape index (κ2) is 8.92. The van der Waals surface area contributed by atoms with Gasteiger partial charge in [0, 0.05) is 24.3 Å². The highest BCUT2D eigenvalue weighted by atomic mass is 35.5. The minimum atomic E-state index is 0.0184. The van der Waals surface area contributed by atoms with E-state index < -0.39 is 0 Å². The number of hydrogen-bond acceptors (Lipinski definition) is 5. The van der Waals surface area contributed by atoms with Crippen LogP contribution in [-0.2, 0) is 11.2 Å². The molecule has 148 valence electrons. The van der Waals surface area contributed by atoms with E-state index in [4.69, 9.17) is 11.6 Å². The van der Waals surface area contributed by atoms with Gasteiger partial charge in [-0.25, -0.2) is 4.98 Å². The van der Waals surface area contributed by atoms with Crippen molar-refractivity contribution in [3.05, 3.63) is 71.4 Å². The number of nitrogens with one attached hydrogen (secondary N) is 3. The number of nitrogens with zero attached hydrogens (tertiary/aromatic N) is 2. The minimum absolute atomic E-state index is 0.0184. The molecule has 0 atom stereocenters. The third kappa shape index (κ3) is 5.45. The van der Waals surface area contributed by atoms with Crippen molar-refractivity contribution in [1.29, 1.82) is 0 Å². The number of halogens is 1. The predicted molar refractivity (Wildman–Crippen MR) is 117 cm³/mol. The van der Waals surface area contributed by atoms with Gasteiger partial charge in [-0.3, -0.25) is 4.79 Å². The summed E-state index contributed by atoms with van der Waals surface area (Å²) in [6, 6.07) is 17.5. The summed E-state index contributed by atoms with van der Waals surface area (Å²) in [5.74, 6) is 1.35. The van der Waals surface area contributed by atoms with Crippen molar-refractivity contribution < 1.29 is 4.79 Å². The topological polar surface area (TPSA) is 78.9 Å². The molecule has 1 amide bonds. The molecule has 0 radical (unpaired) electrons. The Morgan fingerprint density at radius 1 is 1.10 bits per heavy atom. The van der Waals surface area contributed by atoms with E-state index in [1.54, 1.807) is 18.3 Å². The zero-order valence-corrected chi connectivity index (χ0v) is 16.6. The van der Waals surface area contributed by atoms with Gasteiger partial charge >= 0.3 is 0 Å². The summed E-state index contributed by atoms with van der Waals surface area (Å²) in [6.07, 6.45) is 4.50. The van der Waals surface area contributed by atoms with Gasteiger partial charge in [0.05, 0.1) is 10.7 Å². The summed E-state index contributed by atoms with van der Waals surface area (Å²) in [5.41, 5.74) is 2.61. The highest BCUT2D eigenvalue weighted by molar-refractivity contribution is 6.33. The van der Waals surface area contributed by atoms with Crippen LogP contribution in [0, 0.1) is 5.92 Å². The van der Waals surface area contributed by atoms with Crippen LogP contribution in [0.5, 0.6) is 0 Å². The molecule has 7 heteroatoms. The standard InChI is InChI=1S/C22H22ClN5O/c23-18-9-8-17(14-19(18)27-21(29)16-6-7-16)26-22-25-13-11-20(28-22)24-12-10-15-4-2-1-3-5-15/h1-5,8-9,11,13-14,16H,6-7,10,12H2,(H,27,29)(H2,24,25,26,28). The molecule has 0 unspecified atom stereocenters. The van der Waals surface area contributed by atoms with Crippen molar-refractivity contribution in [3.8, 4) is 0 Å². The Bertz CT molecular complexity index is 992. The molecule has 0 spiro atoms. The van der Waals surface area contributed by atoms with Crippen molar-refractivity contribution in [2.75, 3.05) is 22.5 Å². The highest BCUT2D eigenvalue weighted by Crippen LogP contribution is 2.32. The van der Waals surface area contributed by atoms with Crippen LogP contribution in [0.25, 0.3) is 0 Å². The van der Waals surface area contributed by atoms with Crippen molar-refractivity contribution in [1.82, 2.24) is 9.97 Å². The van der Waals surface area contributed by atoms with E-state index in [0.717, 1.165) is 37.3 Å². The molecule has 1 fully saturated rings. The number of amides is 1. The van der Waals surface area contributed by atoms with E-state index >= 15 is 0 Å². The largest absolute Gasteiger partial charge is 0.370 e. The molecule has 1 saturated carbocycles. The van der Waals surface area contributed by atoms with Gasteiger partial charge in [0.15, 0.2) is 0 Å². The fraction of sp³-hybridized carbons (Fsp3) is 0.227. The normalized spacial score (nSPS) is 13.0. The Balaban J connectivity index is 1.37. The molecule has 1 heterocycles. The van der Waals surface area contributed by atoms with Crippen LogP contribution in [0.4, 0.5) is 23.1 Å². The summed E-state index contributed by atoms with van der Waals surface area (Å²) < 4.78 is 0. The van der Waals surface area contributed by atoms with E-state index in [9.17, 15) is 4.79 Å². The maximum absolute atomic E-state index is 12.0. The molecule has 4 rings (SSSR count). The molecule has 2 aromatic carbocycles. The Labute approximate surface area is 174 Å². The monoisotopic (exact) mass is 407 g/mol. The van der Waals surface area contributed by atoms with E-state index in [1.165, 1.54) is 5.56 Å². The average molecular weight is 408 g/mol. The van der Waals surface area contributed by atoms with Crippen LogP contribution in [-0.4, -0.2) is 22.4 Å². The number of rotatable bonds is 8. The summed E-state index contributed by atoms with van der Waals surface area (Å²) in [7, 11) is 0. The zero-order chi connectivity index (χ0) is 20.1. The summed E-state index contributed by atoms with van der Waals surface area (Å²) in [4.78, 5) is 20.8. The Morgan fingerprint density at radius 3 is 2.72 bits per heavy atom. The zero-order valence-electron chi connectivity index (χ0n) is 15.9. The first kappa shape index (κ1) is 19.2. The third-order valence-electron chi connectivity index (χ3n) is 4.65.